The summed E-state index contributed by atoms with van der Waals surface area (Å²) >= 11 is 0. The molecule has 1 aliphatic heterocycles. The van der Waals surface area contributed by atoms with Gasteiger partial charge in [-0.3, -0.25) is 0 Å². The molecule has 1 aromatic heterocycles. The van der Waals surface area contributed by atoms with Gasteiger partial charge in [0.05, 0.1) is 19.3 Å². The second-order valence-electron chi connectivity index (χ2n) is 4.84. The molecular weight excluding hydrogens is 226 g/mol. The highest BCUT2D eigenvalue weighted by atomic mass is 16.5. The summed E-state index contributed by atoms with van der Waals surface area (Å²) in [6.07, 6.45) is 1.90. The summed E-state index contributed by atoms with van der Waals surface area (Å²) in [5.41, 5.74) is 1.29. The van der Waals surface area contributed by atoms with Gasteiger partial charge in [-0.15, -0.1) is 0 Å². The smallest absolute Gasteiger partial charge is 0.129 e. The molecule has 1 saturated heterocycles. The van der Waals surface area contributed by atoms with Crippen molar-refractivity contribution in [3.8, 4) is 0 Å². The van der Waals surface area contributed by atoms with E-state index in [9.17, 15) is 0 Å². The van der Waals surface area contributed by atoms with Crippen LogP contribution >= 0.6 is 0 Å². The normalized spacial score (nSPS) is 21.9. The standard InChI is InChI=1S/C14H23N3O/c1-4-15-12(3)13-5-6-16-14(9-13)17-7-8-18-10-11(17)2/h5-6,9,11-12,15H,4,7-8,10H2,1-3H3. The molecule has 0 aliphatic carbocycles. The Morgan fingerprint density at radius 3 is 3.17 bits per heavy atom. The zero-order chi connectivity index (χ0) is 13.0. The van der Waals surface area contributed by atoms with Gasteiger partial charge in [0.25, 0.3) is 0 Å². The third-order valence-corrected chi connectivity index (χ3v) is 3.44. The Hall–Kier alpha value is -1.13. The van der Waals surface area contributed by atoms with Crippen LogP contribution in [0.2, 0.25) is 0 Å². The fourth-order valence-corrected chi connectivity index (χ4v) is 2.35. The molecule has 0 aromatic carbocycles. The van der Waals surface area contributed by atoms with Crippen molar-refractivity contribution in [3.05, 3.63) is 23.9 Å². The average Bonchev–Trinajstić information content (AvgIpc) is 2.40. The van der Waals surface area contributed by atoms with Crippen LogP contribution in [0.25, 0.3) is 0 Å². The quantitative estimate of drug-likeness (QED) is 0.885. The van der Waals surface area contributed by atoms with E-state index in [1.54, 1.807) is 0 Å². The highest BCUT2D eigenvalue weighted by molar-refractivity contribution is 5.43. The zero-order valence-corrected chi connectivity index (χ0v) is 11.5. The molecule has 2 heterocycles. The van der Waals surface area contributed by atoms with E-state index in [4.69, 9.17) is 4.74 Å². The van der Waals surface area contributed by atoms with Crippen molar-refractivity contribution in [3.63, 3.8) is 0 Å². The minimum atomic E-state index is 0.369. The van der Waals surface area contributed by atoms with Crippen molar-refractivity contribution in [2.45, 2.75) is 32.9 Å². The summed E-state index contributed by atoms with van der Waals surface area (Å²) in [6.45, 7) is 9.98. The van der Waals surface area contributed by atoms with E-state index in [1.807, 2.05) is 6.20 Å². The molecule has 1 aliphatic rings. The number of aromatic nitrogens is 1. The number of hydrogen-bond donors (Lipinski definition) is 1. The number of nitrogens with one attached hydrogen (secondary N) is 1. The number of anilines is 1. The summed E-state index contributed by atoms with van der Waals surface area (Å²) < 4.78 is 5.47. The third-order valence-electron chi connectivity index (χ3n) is 3.44. The van der Waals surface area contributed by atoms with Crippen LogP contribution in [0.1, 0.15) is 32.4 Å². The second kappa shape index (κ2) is 6.16. The molecule has 1 fully saturated rings. The van der Waals surface area contributed by atoms with Gasteiger partial charge in [0, 0.05) is 18.8 Å². The third kappa shape index (κ3) is 3.00. The maximum Gasteiger partial charge on any atom is 0.129 e. The first-order chi connectivity index (χ1) is 8.72. The van der Waals surface area contributed by atoms with Crippen molar-refractivity contribution < 1.29 is 4.74 Å². The van der Waals surface area contributed by atoms with E-state index in [0.29, 0.717) is 12.1 Å². The monoisotopic (exact) mass is 249 g/mol. The molecule has 0 saturated carbocycles. The molecule has 0 amide bonds. The molecule has 2 atom stereocenters. The van der Waals surface area contributed by atoms with Gasteiger partial charge < -0.3 is 15.0 Å². The molecule has 1 N–H and O–H groups in total. The molecule has 4 nitrogen and oxygen atoms in total. The van der Waals surface area contributed by atoms with Crippen molar-refractivity contribution in [1.82, 2.24) is 10.3 Å². The van der Waals surface area contributed by atoms with Gasteiger partial charge in [-0.05, 0) is 38.1 Å². The lowest BCUT2D eigenvalue weighted by Gasteiger charge is -2.34. The molecule has 18 heavy (non-hydrogen) atoms. The molecular formula is C14H23N3O. The number of pyridine rings is 1. The lowest BCUT2D eigenvalue weighted by atomic mass is 10.1. The first-order valence-electron chi connectivity index (χ1n) is 6.76. The minimum Gasteiger partial charge on any atom is -0.377 e. The first-order valence-corrected chi connectivity index (χ1v) is 6.76. The van der Waals surface area contributed by atoms with Crippen LogP contribution in [0.15, 0.2) is 18.3 Å². The van der Waals surface area contributed by atoms with Crippen LogP contribution < -0.4 is 10.2 Å². The highest BCUT2D eigenvalue weighted by Gasteiger charge is 2.20. The molecule has 0 radical (unpaired) electrons. The SMILES string of the molecule is CCNC(C)c1ccnc(N2CCOCC2C)c1. The Labute approximate surface area is 109 Å². The fourth-order valence-electron chi connectivity index (χ4n) is 2.35. The minimum absolute atomic E-state index is 0.369. The van der Waals surface area contributed by atoms with Gasteiger partial charge in [-0.25, -0.2) is 4.98 Å². The maximum absolute atomic E-state index is 5.47. The molecule has 2 unspecified atom stereocenters. The maximum atomic E-state index is 5.47. The average molecular weight is 249 g/mol. The summed E-state index contributed by atoms with van der Waals surface area (Å²) in [5.74, 6) is 1.06. The van der Waals surface area contributed by atoms with E-state index in [1.165, 1.54) is 5.56 Å². The summed E-state index contributed by atoms with van der Waals surface area (Å²) in [7, 11) is 0. The van der Waals surface area contributed by atoms with E-state index >= 15 is 0 Å². The first kappa shape index (κ1) is 13.3. The largest absolute Gasteiger partial charge is 0.377 e. The van der Waals surface area contributed by atoms with Crippen LogP contribution in [-0.4, -0.2) is 37.3 Å². The number of hydrogen-bond acceptors (Lipinski definition) is 4. The lowest BCUT2D eigenvalue weighted by Crippen LogP contribution is -2.44. The fraction of sp³-hybridized carbons (Fsp3) is 0.643. The summed E-state index contributed by atoms with van der Waals surface area (Å²) in [5, 5.41) is 3.43. The van der Waals surface area contributed by atoms with Gasteiger partial charge in [-0.2, -0.15) is 0 Å². The molecule has 0 bridgehead atoms. The highest BCUT2D eigenvalue weighted by Crippen LogP contribution is 2.21. The summed E-state index contributed by atoms with van der Waals surface area (Å²) in [4.78, 5) is 6.82. The van der Waals surface area contributed by atoms with E-state index in [-0.39, 0.29) is 0 Å². The van der Waals surface area contributed by atoms with Crippen molar-refractivity contribution in [2.75, 3.05) is 31.2 Å². The molecule has 0 spiro atoms. The van der Waals surface area contributed by atoms with Crippen LogP contribution in [0.5, 0.6) is 0 Å². The van der Waals surface area contributed by atoms with Gasteiger partial charge in [0.15, 0.2) is 0 Å². The molecule has 4 heteroatoms. The van der Waals surface area contributed by atoms with Crippen molar-refractivity contribution in [2.24, 2.45) is 0 Å². The van der Waals surface area contributed by atoms with E-state index in [0.717, 1.165) is 32.1 Å². The van der Waals surface area contributed by atoms with Crippen LogP contribution in [-0.2, 0) is 4.74 Å². The van der Waals surface area contributed by atoms with Gasteiger partial charge in [0.1, 0.15) is 5.82 Å². The molecule has 100 valence electrons. The molecule has 1 aromatic rings. The predicted octanol–water partition coefficient (Wildman–Crippen LogP) is 1.98. The van der Waals surface area contributed by atoms with Crippen LogP contribution in [0.4, 0.5) is 5.82 Å². The second-order valence-corrected chi connectivity index (χ2v) is 4.84. The van der Waals surface area contributed by atoms with Crippen LogP contribution in [0, 0.1) is 0 Å². The van der Waals surface area contributed by atoms with E-state index < -0.39 is 0 Å². The topological polar surface area (TPSA) is 37.4 Å². The summed E-state index contributed by atoms with van der Waals surface area (Å²) in [6, 6.07) is 5.04. The van der Waals surface area contributed by atoms with Crippen LogP contribution in [0.3, 0.4) is 0 Å². The van der Waals surface area contributed by atoms with E-state index in [2.05, 4.69) is 48.1 Å². The van der Waals surface area contributed by atoms with Gasteiger partial charge in [0.2, 0.25) is 0 Å². The Kier molecular flexibility index (Phi) is 4.55. The van der Waals surface area contributed by atoms with Crippen molar-refractivity contribution in [1.29, 1.82) is 0 Å². The Morgan fingerprint density at radius 1 is 1.61 bits per heavy atom. The number of rotatable bonds is 4. The Balaban J connectivity index is 2.15. The Morgan fingerprint density at radius 2 is 2.44 bits per heavy atom. The lowest BCUT2D eigenvalue weighted by molar-refractivity contribution is 0.0985. The number of morpholine rings is 1. The van der Waals surface area contributed by atoms with Crippen molar-refractivity contribution >= 4 is 5.82 Å². The molecule has 2 rings (SSSR count). The zero-order valence-electron chi connectivity index (χ0n) is 11.5. The number of nitrogens with zero attached hydrogens (tertiary/aromatic N) is 2. The Bertz CT molecular complexity index is 383. The van der Waals surface area contributed by atoms with Gasteiger partial charge >= 0.3 is 0 Å². The van der Waals surface area contributed by atoms with Gasteiger partial charge in [-0.1, -0.05) is 6.92 Å². The predicted molar refractivity (Wildman–Crippen MR) is 74.0 cm³/mol. The number of ether oxygens (including phenoxy) is 1.